The Morgan fingerprint density at radius 2 is 1.89 bits per heavy atom. The summed E-state index contributed by atoms with van der Waals surface area (Å²) in [5.41, 5.74) is 7.77. The zero-order valence-corrected chi connectivity index (χ0v) is 21.5. The van der Waals surface area contributed by atoms with E-state index >= 15 is 0 Å². The molecule has 0 saturated carbocycles. The van der Waals surface area contributed by atoms with Crippen LogP contribution in [0.2, 0.25) is 0 Å². The third-order valence-electron chi connectivity index (χ3n) is 6.95. The summed E-state index contributed by atoms with van der Waals surface area (Å²) >= 11 is 0. The van der Waals surface area contributed by atoms with Crippen LogP contribution in [0.15, 0.2) is 47.6 Å². The SMILES string of the molecule is CC(C)C(C)NC(=O)c1nc(-c2nn(Cc3ccccc3F)c3ncccc23)nc2c1C(C)(C)C(N)=N2. The number of hydrogen-bond acceptors (Lipinski definition) is 7. The maximum absolute atomic E-state index is 14.4. The molecule has 1 aliphatic rings. The van der Waals surface area contributed by atoms with Crippen LogP contribution in [0, 0.1) is 11.7 Å². The van der Waals surface area contributed by atoms with Crippen molar-refractivity contribution in [3.63, 3.8) is 0 Å². The van der Waals surface area contributed by atoms with Crippen LogP contribution in [-0.4, -0.2) is 42.5 Å². The summed E-state index contributed by atoms with van der Waals surface area (Å²) in [6.45, 7) is 9.98. The Bertz CT molecular complexity index is 1560. The first kappa shape index (κ1) is 24.5. The van der Waals surface area contributed by atoms with Crippen LogP contribution in [0.25, 0.3) is 22.6 Å². The summed E-state index contributed by atoms with van der Waals surface area (Å²) in [6.07, 6.45) is 1.65. The fraction of sp³-hybridized carbons (Fsp3) is 0.333. The van der Waals surface area contributed by atoms with Crippen LogP contribution in [0.5, 0.6) is 0 Å². The van der Waals surface area contributed by atoms with Crippen LogP contribution >= 0.6 is 0 Å². The fourth-order valence-electron chi connectivity index (χ4n) is 4.27. The molecule has 0 spiro atoms. The number of rotatable bonds is 6. The van der Waals surface area contributed by atoms with E-state index in [1.165, 1.54) is 6.07 Å². The van der Waals surface area contributed by atoms with Crippen LogP contribution in [-0.2, 0) is 12.0 Å². The number of fused-ring (bicyclic) bond motifs is 2. The maximum atomic E-state index is 14.4. The number of aliphatic imine (C=N–C) groups is 1. The Kier molecular flexibility index (Phi) is 5.97. The highest BCUT2D eigenvalue weighted by molar-refractivity contribution is 6.04. The lowest BCUT2D eigenvalue weighted by Gasteiger charge is -2.23. The minimum Gasteiger partial charge on any atom is -0.386 e. The van der Waals surface area contributed by atoms with Crippen molar-refractivity contribution in [1.29, 1.82) is 0 Å². The highest BCUT2D eigenvalue weighted by Crippen LogP contribution is 2.40. The molecule has 0 fully saturated rings. The maximum Gasteiger partial charge on any atom is 0.270 e. The van der Waals surface area contributed by atoms with Gasteiger partial charge in [0.1, 0.15) is 23.0 Å². The molecule has 9 nitrogen and oxygen atoms in total. The van der Waals surface area contributed by atoms with E-state index in [1.54, 1.807) is 35.1 Å². The van der Waals surface area contributed by atoms with Gasteiger partial charge in [0, 0.05) is 23.4 Å². The quantitative estimate of drug-likeness (QED) is 0.410. The minimum atomic E-state index is -0.713. The smallest absolute Gasteiger partial charge is 0.270 e. The number of aromatic nitrogens is 5. The van der Waals surface area contributed by atoms with E-state index in [-0.39, 0.29) is 41.7 Å². The van der Waals surface area contributed by atoms with Gasteiger partial charge in [-0.2, -0.15) is 5.10 Å². The second-order valence-corrected chi connectivity index (χ2v) is 10.2. The van der Waals surface area contributed by atoms with Crippen LogP contribution in [0.3, 0.4) is 0 Å². The standard InChI is InChI=1S/C27H29FN8O/c1-14(2)15(3)31-25(37)21-19-22(34-26(29)27(19,4)5)33-23(32-21)20-17-10-8-12-30-24(17)36(35-20)13-16-9-6-7-11-18(16)28/h6-12,14-15H,13H2,1-5H3,(H,31,37)(H2,29,32,33,34). The summed E-state index contributed by atoms with van der Waals surface area (Å²) in [5.74, 6) is 0.499. The molecule has 0 bridgehead atoms. The lowest BCUT2D eigenvalue weighted by atomic mass is 9.84. The first-order valence-corrected chi connectivity index (χ1v) is 12.2. The van der Waals surface area contributed by atoms with Gasteiger partial charge >= 0.3 is 0 Å². The molecule has 3 aromatic heterocycles. The van der Waals surface area contributed by atoms with Gasteiger partial charge in [0.25, 0.3) is 5.91 Å². The van der Waals surface area contributed by atoms with E-state index in [9.17, 15) is 9.18 Å². The predicted octanol–water partition coefficient (Wildman–Crippen LogP) is 4.13. The third kappa shape index (κ3) is 4.22. The van der Waals surface area contributed by atoms with E-state index in [4.69, 9.17) is 15.8 Å². The number of nitrogens with two attached hydrogens (primary N) is 1. The number of carbonyl (C=O) groups is 1. The number of amides is 1. The van der Waals surface area contributed by atoms with Crippen LogP contribution < -0.4 is 11.1 Å². The van der Waals surface area contributed by atoms with Crippen LogP contribution in [0.1, 0.15) is 56.2 Å². The zero-order valence-electron chi connectivity index (χ0n) is 21.5. The molecular formula is C27H29FN8O. The van der Waals surface area contributed by atoms with Crippen molar-refractivity contribution in [2.24, 2.45) is 16.6 Å². The fourth-order valence-corrected chi connectivity index (χ4v) is 4.27. The molecule has 0 aliphatic carbocycles. The molecule has 3 N–H and O–H groups in total. The van der Waals surface area contributed by atoms with Gasteiger partial charge in [-0.05, 0) is 44.9 Å². The number of carbonyl (C=O) groups excluding carboxylic acids is 1. The second-order valence-electron chi connectivity index (χ2n) is 10.2. The number of halogens is 1. The second kappa shape index (κ2) is 9.02. The lowest BCUT2D eigenvalue weighted by molar-refractivity contribution is 0.0923. The summed E-state index contributed by atoms with van der Waals surface area (Å²) in [7, 11) is 0. The Balaban J connectivity index is 1.67. The highest BCUT2D eigenvalue weighted by Gasteiger charge is 2.40. The van der Waals surface area contributed by atoms with Gasteiger partial charge < -0.3 is 11.1 Å². The van der Waals surface area contributed by atoms with E-state index in [0.29, 0.717) is 39.5 Å². The number of pyridine rings is 1. The van der Waals surface area contributed by atoms with Crippen molar-refractivity contribution >= 4 is 28.6 Å². The van der Waals surface area contributed by atoms with Crippen molar-refractivity contribution in [2.45, 2.75) is 52.6 Å². The lowest BCUT2D eigenvalue weighted by Crippen LogP contribution is -2.39. The molecule has 37 heavy (non-hydrogen) atoms. The largest absolute Gasteiger partial charge is 0.386 e. The molecule has 1 aliphatic heterocycles. The van der Waals surface area contributed by atoms with Gasteiger partial charge in [-0.15, -0.1) is 0 Å². The number of benzene rings is 1. The molecule has 0 saturated heterocycles. The molecule has 1 atom stereocenters. The molecule has 5 rings (SSSR count). The number of amidine groups is 1. The van der Waals surface area contributed by atoms with E-state index in [1.807, 2.05) is 40.7 Å². The van der Waals surface area contributed by atoms with Gasteiger partial charge in [-0.1, -0.05) is 32.0 Å². The van der Waals surface area contributed by atoms with E-state index in [0.717, 1.165) is 0 Å². The summed E-state index contributed by atoms with van der Waals surface area (Å²) in [5, 5.41) is 8.43. The van der Waals surface area contributed by atoms with Crippen molar-refractivity contribution in [2.75, 3.05) is 0 Å². The number of nitrogens with one attached hydrogen (secondary N) is 1. The molecular weight excluding hydrogens is 471 g/mol. The molecule has 190 valence electrons. The Morgan fingerprint density at radius 3 is 2.62 bits per heavy atom. The van der Waals surface area contributed by atoms with Crippen molar-refractivity contribution < 1.29 is 9.18 Å². The monoisotopic (exact) mass is 500 g/mol. The van der Waals surface area contributed by atoms with Crippen molar-refractivity contribution in [3.8, 4) is 11.5 Å². The summed E-state index contributed by atoms with van der Waals surface area (Å²) in [6, 6.07) is 10.1. The highest BCUT2D eigenvalue weighted by atomic mass is 19.1. The normalized spacial score (nSPS) is 15.1. The number of nitrogens with zero attached hydrogens (tertiary/aromatic N) is 6. The Hall–Kier alpha value is -4.21. The first-order valence-electron chi connectivity index (χ1n) is 12.2. The van der Waals surface area contributed by atoms with Gasteiger partial charge in [-0.25, -0.2) is 29.0 Å². The Morgan fingerprint density at radius 1 is 1.14 bits per heavy atom. The summed E-state index contributed by atoms with van der Waals surface area (Å²) in [4.78, 5) is 31.8. The minimum absolute atomic E-state index is 0.0747. The Labute approximate surface area is 214 Å². The van der Waals surface area contributed by atoms with E-state index in [2.05, 4.69) is 20.3 Å². The van der Waals surface area contributed by atoms with Crippen LogP contribution in [0.4, 0.5) is 10.2 Å². The molecule has 1 aromatic carbocycles. The zero-order chi connectivity index (χ0) is 26.5. The average Bonchev–Trinajstić information content (AvgIpc) is 3.33. The molecule has 4 heterocycles. The van der Waals surface area contributed by atoms with Gasteiger partial charge in [0.15, 0.2) is 17.3 Å². The molecule has 4 aromatic rings. The van der Waals surface area contributed by atoms with Gasteiger partial charge in [-0.3, -0.25) is 4.79 Å². The van der Waals surface area contributed by atoms with E-state index < -0.39 is 5.41 Å². The van der Waals surface area contributed by atoms with Crippen molar-refractivity contribution in [3.05, 3.63) is 65.2 Å². The topological polar surface area (TPSA) is 124 Å². The number of hydrogen-bond donors (Lipinski definition) is 2. The van der Waals surface area contributed by atoms with Gasteiger partial charge in [0.05, 0.1) is 17.3 Å². The van der Waals surface area contributed by atoms with Crippen molar-refractivity contribution in [1.82, 2.24) is 30.0 Å². The molecule has 1 unspecified atom stereocenters. The predicted molar refractivity (Wildman–Crippen MR) is 140 cm³/mol. The molecule has 10 heteroatoms. The average molecular weight is 501 g/mol. The third-order valence-corrected chi connectivity index (χ3v) is 6.95. The summed E-state index contributed by atoms with van der Waals surface area (Å²) < 4.78 is 16.0. The molecule has 1 amide bonds. The van der Waals surface area contributed by atoms with Gasteiger partial charge in [0.2, 0.25) is 0 Å². The molecule has 0 radical (unpaired) electrons. The first-order chi connectivity index (χ1) is 17.6.